The molecule has 0 aromatic heterocycles. The number of hydrogen-bond acceptors (Lipinski definition) is 5. The summed E-state index contributed by atoms with van der Waals surface area (Å²) in [6.07, 6.45) is 0.638. The maximum absolute atomic E-state index is 11.6. The van der Waals surface area contributed by atoms with Crippen molar-refractivity contribution in [1.29, 1.82) is 0 Å². The van der Waals surface area contributed by atoms with Crippen LogP contribution in [0.5, 0.6) is 0 Å². The molecule has 3 N–H and O–H groups in total. The van der Waals surface area contributed by atoms with Gasteiger partial charge in [-0.15, -0.1) is 11.8 Å². The van der Waals surface area contributed by atoms with Crippen molar-refractivity contribution in [2.75, 3.05) is 26.0 Å². The number of carbonyl (C=O) groups excluding carboxylic acids is 2. The van der Waals surface area contributed by atoms with Gasteiger partial charge in [0.15, 0.2) is 0 Å². The Morgan fingerprint density at radius 1 is 1.47 bits per heavy atom. The molecular weight excluding hydrogens is 272 g/mol. The Labute approximate surface area is 116 Å². The van der Waals surface area contributed by atoms with Crippen LogP contribution in [0.4, 0.5) is 0 Å². The second kappa shape index (κ2) is 10.6. The van der Waals surface area contributed by atoms with E-state index in [1.165, 1.54) is 11.8 Å². The molecule has 0 aliphatic rings. The number of carbonyl (C=O) groups is 3. The first-order valence-corrected chi connectivity index (χ1v) is 6.88. The lowest BCUT2D eigenvalue weighted by Crippen LogP contribution is -2.37. The van der Waals surface area contributed by atoms with Crippen molar-refractivity contribution in [2.24, 2.45) is 0 Å². The molecule has 0 rings (SSSR count). The zero-order chi connectivity index (χ0) is 14.7. The van der Waals surface area contributed by atoms with Gasteiger partial charge in [0, 0.05) is 13.7 Å². The SMILES string of the molecule is COCCNC(=O)C(C)SCCC(NC=O)C(=O)O. The van der Waals surface area contributed by atoms with Crippen LogP contribution in [0.1, 0.15) is 13.3 Å². The summed E-state index contributed by atoms with van der Waals surface area (Å²) >= 11 is 1.34. The molecule has 0 aromatic carbocycles. The summed E-state index contributed by atoms with van der Waals surface area (Å²) in [6, 6.07) is -0.909. The molecule has 0 aromatic rings. The quantitative estimate of drug-likeness (QED) is 0.349. The summed E-state index contributed by atoms with van der Waals surface area (Å²) in [5.74, 6) is -0.724. The minimum Gasteiger partial charge on any atom is -0.480 e. The third kappa shape index (κ3) is 8.44. The van der Waals surface area contributed by atoms with E-state index >= 15 is 0 Å². The van der Waals surface area contributed by atoms with Gasteiger partial charge < -0.3 is 20.5 Å². The molecule has 19 heavy (non-hydrogen) atoms. The van der Waals surface area contributed by atoms with Crippen molar-refractivity contribution in [2.45, 2.75) is 24.6 Å². The third-order valence-corrected chi connectivity index (χ3v) is 3.50. The van der Waals surface area contributed by atoms with E-state index in [4.69, 9.17) is 9.84 Å². The van der Waals surface area contributed by atoms with Gasteiger partial charge in [0.05, 0.1) is 11.9 Å². The number of rotatable bonds is 11. The van der Waals surface area contributed by atoms with Crippen LogP contribution in [0.25, 0.3) is 0 Å². The second-order valence-corrected chi connectivity index (χ2v) is 5.21. The molecule has 0 bridgehead atoms. The fourth-order valence-electron chi connectivity index (χ4n) is 1.22. The van der Waals surface area contributed by atoms with Crippen molar-refractivity contribution in [3.63, 3.8) is 0 Å². The number of amides is 2. The topological polar surface area (TPSA) is 105 Å². The molecule has 110 valence electrons. The van der Waals surface area contributed by atoms with E-state index in [0.717, 1.165) is 0 Å². The van der Waals surface area contributed by atoms with E-state index < -0.39 is 12.0 Å². The van der Waals surface area contributed by atoms with Crippen molar-refractivity contribution in [1.82, 2.24) is 10.6 Å². The number of thioether (sulfide) groups is 1. The molecule has 0 saturated carbocycles. The third-order valence-electron chi connectivity index (χ3n) is 2.32. The van der Waals surface area contributed by atoms with Gasteiger partial charge in [-0.05, 0) is 19.1 Å². The number of methoxy groups -OCH3 is 1. The molecular formula is C11H20N2O5S. The summed E-state index contributed by atoms with van der Waals surface area (Å²) in [5, 5.41) is 13.4. The van der Waals surface area contributed by atoms with E-state index in [0.29, 0.717) is 25.3 Å². The summed E-state index contributed by atoms with van der Waals surface area (Å²) in [4.78, 5) is 32.5. The largest absolute Gasteiger partial charge is 0.480 e. The fourth-order valence-corrected chi connectivity index (χ4v) is 2.18. The molecule has 2 amide bonds. The standard InChI is InChI=1S/C11H20N2O5S/c1-8(10(15)12-4-5-18-2)19-6-3-9(11(16)17)13-7-14/h7-9H,3-6H2,1-2H3,(H,12,15)(H,13,14)(H,16,17). The zero-order valence-electron chi connectivity index (χ0n) is 11.0. The molecule has 0 saturated heterocycles. The maximum atomic E-state index is 11.6. The molecule has 0 fully saturated rings. The van der Waals surface area contributed by atoms with Crippen LogP contribution in [0.3, 0.4) is 0 Å². The van der Waals surface area contributed by atoms with E-state index in [1.54, 1.807) is 14.0 Å². The first-order valence-electron chi connectivity index (χ1n) is 5.83. The molecule has 0 aliphatic carbocycles. The fraction of sp³-hybridized carbons (Fsp3) is 0.727. The van der Waals surface area contributed by atoms with Gasteiger partial charge in [-0.3, -0.25) is 9.59 Å². The Morgan fingerprint density at radius 3 is 2.68 bits per heavy atom. The minimum absolute atomic E-state index is 0.114. The lowest BCUT2D eigenvalue weighted by atomic mass is 10.2. The number of carboxylic acid groups (broad SMARTS) is 1. The van der Waals surface area contributed by atoms with Gasteiger partial charge in [-0.25, -0.2) is 4.79 Å². The highest BCUT2D eigenvalue weighted by molar-refractivity contribution is 8.00. The average Bonchev–Trinajstić information content (AvgIpc) is 2.37. The monoisotopic (exact) mass is 292 g/mol. The van der Waals surface area contributed by atoms with Gasteiger partial charge in [-0.1, -0.05) is 0 Å². The Kier molecular flexibility index (Phi) is 9.91. The normalized spacial score (nSPS) is 13.4. The molecule has 7 nitrogen and oxygen atoms in total. The molecule has 0 aliphatic heterocycles. The van der Waals surface area contributed by atoms with E-state index in [9.17, 15) is 14.4 Å². The molecule has 8 heteroatoms. The molecule has 2 unspecified atom stereocenters. The van der Waals surface area contributed by atoms with Crippen LogP contribution in [-0.4, -0.2) is 60.7 Å². The van der Waals surface area contributed by atoms with Crippen LogP contribution in [0.2, 0.25) is 0 Å². The summed E-state index contributed by atoms with van der Waals surface area (Å²) in [7, 11) is 1.55. The average molecular weight is 292 g/mol. The summed E-state index contributed by atoms with van der Waals surface area (Å²) in [5.41, 5.74) is 0. The van der Waals surface area contributed by atoms with E-state index in [2.05, 4.69) is 10.6 Å². The first kappa shape index (κ1) is 17.7. The predicted octanol–water partition coefficient (Wildman–Crippen LogP) is -0.540. The maximum Gasteiger partial charge on any atom is 0.326 e. The number of aliphatic carboxylic acids is 1. The highest BCUT2D eigenvalue weighted by atomic mass is 32.2. The molecule has 0 radical (unpaired) electrons. The molecule has 0 spiro atoms. The number of hydrogen-bond donors (Lipinski definition) is 3. The lowest BCUT2D eigenvalue weighted by Gasteiger charge is -2.14. The van der Waals surface area contributed by atoms with Crippen LogP contribution < -0.4 is 10.6 Å². The highest BCUT2D eigenvalue weighted by Crippen LogP contribution is 2.13. The van der Waals surface area contributed by atoms with Crippen LogP contribution in [0, 0.1) is 0 Å². The van der Waals surface area contributed by atoms with Gasteiger partial charge >= 0.3 is 5.97 Å². The van der Waals surface area contributed by atoms with E-state index in [1.807, 2.05) is 0 Å². The van der Waals surface area contributed by atoms with Gasteiger partial charge in [0.25, 0.3) is 0 Å². The van der Waals surface area contributed by atoms with E-state index in [-0.39, 0.29) is 17.6 Å². The second-order valence-electron chi connectivity index (χ2n) is 3.76. The molecule has 2 atom stereocenters. The Morgan fingerprint density at radius 2 is 2.16 bits per heavy atom. The van der Waals surface area contributed by atoms with Crippen molar-refractivity contribution in [3.05, 3.63) is 0 Å². The number of nitrogens with one attached hydrogen (secondary N) is 2. The Hall–Kier alpha value is -1.28. The minimum atomic E-state index is -1.08. The lowest BCUT2D eigenvalue weighted by molar-refractivity contribution is -0.140. The molecule has 0 heterocycles. The van der Waals surface area contributed by atoms with Crippen molar-refractivity contribution < 1.29 is 24.2 Å². The van der Waals surface area contributed by atoms with Crippen LogP contribution >= 0.6 is 11.8 Å². The number of carboxylic acids is 1. The van der Waals surface area contributed by atoms with Crippen molar-refractivity contribution >= 4 is 30.0 Å². The summed E-state index contributed by atoms with van der Waals surface area (Å²) in [6.45, 7) is 2.65. The van der Waals surface area contributed by atoms with Gasteiger partial charge in [-0.2, -0.15) is 0 Å². The van der Waals surface area contributed by atoms with Crippen LogP contribution in [0.15, 0.2) is 0 Å². The summed E-state index contributed by atoms with van der Waals surface area (Å²) < 4.78 is 4.81. The smallest absolute Gasteiger partial charge is 0.326 e. The first-order chi connectivity index (χ1) is 9.02. The number of ether oxygens (including phenoxy) is 1. The predicted molar refractivity (Wildman–Crippen MR) is 72.0 cm³/mol. The van der Waals surface area contributed by atoms with Gasteiger partial charge in [0.1, 0.15) is 6.04 Å². The van der Waals surface area contributed by atoms with Gasteiger partial charge in [0.2, 0.25) is 12.3 Å². The Bertz CT molecular complexity index is 301. The van der Waals surface area contributed by atoms with Crippen molar-refractivity contribution in [3.8, 4) is 0 Å². The Balaban J connectivity index is 3.87. The highest BCUT2D eigenvalue weighted by Gasteiger charge is 2.18. The van der Waals surface area contributed by atoms with Crippen LogP contribution in [-0.2, 0) is 19.1 Å². The zero-order valence-corrected chi connectivity index (χ0v) is 11.9.